The predicted molar refractivity (Wildman–Crippen MR) is 109 cm³/mol. The van der Waals surface area contributed by atoms with Crippen LogP contribution in [-0.4, -0.2) is 15.5 Å². The number of nitrogens with one attached hydrogen (secondary N) is 1. The SMILES string of the molecule is CCCCc1ccc(NC(=O)c2ccc3c(c2)nc(C)c(=O)n3CC)cc1. The first-order valence-electron chi connectivity index (χ1n) is 9.45. The van der Waals surface area contributed by atoms with Crippen LogP contribution in [0.15, 0.2) is 47.3 Å². The van der Waals surface area contributed by atoms with Crippen LogP contribution in [0.4, 0.5) is 5.69 Å². The minimum absolute atomic E-state index is 0.0923. The maximum absolute atomic E-state index is 12.6. The van der Waals surface area contributed by atoms with E-state index in [2.05, 4.69) is 29.4 Å². The molecule has 0 saturated heterocycles. The fourth-order valence-electron chi connectivity index (χ4n) is 3.17. The Morgan fingerprint density at radius 3 is 2.52 bits per heavy atom. The molecule has 27 heavy (non-hydrogen) atoms. The van der Waals surface area contributed by atoms with Crippen LogP contribution in [0.1, 0.15) is 48.3 Å². The van der Waals surface area contributed by atoms with Gasteiger partial charge in [-0.25, -0.2) is 4.98 Å². The van der Waals surface area contributed by atoms with E-state index in [-0.39, 0.29) is 11.5 Å². The lowest BCUT2D eigenvalue weighted by atomic mass is 10.1. The number of anilines is 1. The molecular formula is C22H25N3O2. The van der Waals surface area contributed by atoms with Gasteiger partial charge in [0.15, 0.2) is 0 Å². The average molecular weight is 363 g/mol. The summed E-state index contributed by atoms with van der Waals surface area (Å²) in [5.41, 5.74) is 4.29. The number of rotatable bonds is 6. The Labute approximate surface area is 159 Å². The van der Waals surface area contributed by atoms with E-state index in [0.29, 0.717) is 23.3 Å². The second-order valence-corrected chi connectivity index (χ2v) is 6.70. The number of unbranched alkanes of at least 4 members (excludes halogenated alkanes) is 1. The minimum atomic E-state index is -0.188. The van der Waals surface area contributed by atoms with Gasteiger partial charge in [0.2, 0.25) is 0 Å². The number of fused-ring (bicyclic) bond motifs is 1. The van der Waals surface area contributed by atoms with E-state index in [0.717, 1.165) is 24.0 Å². The molecule has 1 amide bonds. The Kier molecular flexibility index (Phi) is 5.69. The van der Waals surface area contributed by atoms with Crippen LogP contribution in [0.5, 0.6) is 0 Å². The highest BCUT2D eigenvalue weighted by Crippen LogP contribution is 2.16. The standard InChI is InChI=1S/C22H25N3O2/c1-4-6-7-16-8-11-18(12-9-16)24-21(26)17-10-13-20-19(14-17)23-15(3)22(27)25(20)5-2/h8-14H,4-7H2,1-3H3,(H,24,26). The summed E-state index contributed by atoms with van der Waals surface area (Å²) < 4.78 is 1.67. The fraction of sp³-hybridized carbons (Fsp3) is 0.318. The summed E-state index contributed by atoms with van der Waals surface area (Å²) in [7, 11) is 0. The van der Waals surface area contributed by atoms with E-state index >= 15 is 0 Å². The molecule has 140 valence electrons. The Hall–Kier alpha value is -2.95. The number of carbonyl (C=O) groups excluding carboxylic acids is 1. The third kappa shape index (κ3) is 4.08. The van der Waals surface area contributed by atoms with Crippen LogP contribution < -0.4 is 10.9 Å². The third-order valence-electron chi connectivity index (χ3n) is 4.72. The first kappa shape index (κ1) is 18.8. The molecule has 0 bridgehead atoms. The second-order valence-electron chi connectivity index (χ2n) is 6.70. The van der Waals surface area contributed by atoms with Gasteiger partial charge in [-0.3, -0.25) is 9.59 Å². The third-order valence-corrected chi connectivity index (χ3v) is 4.72. The van der Waals surface area contributed by atoms with Gasteiger partial charge in [-0.2, -0.15) is 0 Å². The topological polar surface area (TPSA) is 64.0 Å². The van der Waals surface area contributed by atoms with E-state index in [1.807, 2.05) is 19.1 Å². The van der Waals surface area contributed by atoms with E-state index in [1.165, 1.54) is 12.0 Å². The molecule has 0 aliphatic rings. The molecule has 0 aliphatic carbocycles. The normalized spacial score (nSPS) is 10.9. The smallest absolute Gasteiger partial charge is 0.272 e. The van der Waals surface area contributed by atoms with Crippen molar-refractivity contribution in [1.29, 1.82) is 0 Å². The highest BCUT2D eigenvalue weighted by atomic mass is 16.1. The summed E-state index contributed by atoms with van der Waals surface area (Å²) >= 11 is 0. The van der Waals surface area contributed by atoms with Gasteiger partial charge >= 0.3 is 0 Å². The monoisotopic (exact) mass is 363 g/mol. The van der Waals surface area contributed by atoms with Crippen LogP contribution >= 0.6 is 0 Å². The molecular weight excluding hydrogens is 338 g/mol. The van der Waals surface area contributed by atoms with Crippen LogP contribution in [0, 0.1) is 6.92 Å². The highest BCUT2D eigenvalue weighted by Gasteiger charge is 2.11. The largest absolute Gasteiger partial charge is 0.322 e. The van der Waals surface area contributed by atoms with Gasteiger partial charge in [-0.05, 0) is 62.6 Å². The van der Waals surface area contributed by atoms with Crippen molar-refractivity contribution >= 4 is 22.6 Å². The van der Waals surface area contributed by atoms with Crippen LogP contribution in [0.2, 0.25) is 0 Å². The first-order chi connectivity index (χ1) is 13.0. The van der Waals surface area contributed by atoms with Crippen molar-refractivity contribution in [2.75, 3.05) is 5.32 Å². The van der Waals surface area contributed by atoms with Gasteiger partial charge in [0, 0.05) is 17.8 Å². The highest BCUT2D eigenvalue weighted by molar-refractivity contribution is 6.05. The van der Waals surface area contributed by atoms with Crippen molar-refractivity contribution in [2.24, 2.45) is 0 Å². The Morgan fingerprint density at radius 2 is 1.85 bits per heavy atom. The molecule has 0 spiro atoms. The lowest BCUT2D eigenvalue weighted by Gasteiger charge is -2.11. The molecule has 1 aromatic heterocycles. The molecule has 0 saturated carbocycles. The molecule has 3 rings (SSSR count). The zero-order valence-electron chi connectivity index (χ0n) is 16.1. The van der Waals surface area contributed by atoms with Gasteiger partial charge in [0.05, 0.1) is 11.0 Å². The Balaban J connectivity index is 1.83. The summed E-state index contributed by atoms with van der Waals surface area (Å²) in [5.74, 6) is -0.188. The van der Waals surface area contributed by atoms with Crippen LogP contribution in [0.25, 0.3) is 11.0 Å². The summed E-state index contributed by atoms with van der Waals surface area (Å²) in [6.07, 6.45) is 3.39. The molecule has 0 fully saturated rings. The molecule has 0 unspecified atom stereocenters. The molecule has 1 heterocycles. The Morgan fingerprint density at radius 1 is 1.11 bits per heavy atom. The quantitative estimate of drug-likeness (QED) is 0.709. The summed E-state index contributed by atoms with van der Waals surface area (Å²) in [5, 5.41) is 2.93. The number of nitrogens with zero attached hydrogens (tertiary/aromatic N) is 2. The van der Waals surface area contributed by atoms with Crippen molar-refractivity contribution in [2.45, 2.75) is 46.6 Å². The molecule has 0 aliphatic heterocycles. The number of amides is 1. The molecule has 1 N–H and O–H groups in total. The molecule has 5 heteroatoms. The number of benzene rings is 2. The van der Waals surface area contributed by atoms with E-state index in [1.54, 1.807) is 29.7 Å². The maximum Gasteiger partial charge on any atom is 0.272 e. The van der Waals surface area contributed by atoms with Crippen molar-refractivity contribution in [3.63, 3.8) is 0 Å². The van der Waals surface area contributed by atoms with Gasteiger partial charge in [-0.1, -0.05) is 25.5 Å². The first-order valence-corrected chi connectivity index (χ1v) is 9.45. The van der Waals surface area contributed by atoms with Crippen molar-refractivity contribution in [1.82, 2.24) is 9.55 Å². The maximum atomic E-state index is 12.6. The average Bonchev–Trinajstić information content (AvgIpc) is 2.68. The number of aromatic nitrogens is 2. The van der Waals surface area contributed by atoms with Crippen molar-refractivity contribution < 1.29 is 4.79 Å². The molecule has 3 aromatic rings. The van der Waals surface area contributed by atoms with Gasteiger partial charge < -0.3 is 9.88 Å². The zero-order valence-corrected chi connectivity index (χ0v) is 16.1. The predicted octanol–water partition coefficient (Wildman–Crippen LogP) is 4.32. The summed E-state index contributed by atoms with van der Waals surface area (Å²) in [6.45, 7) is 6.36. The lowest BCUT2D eigenvalue weighted by molar-refractivity contribution is 0.102. The van der Waals surface area contributed by atoms with Crippen molar-refractivity contribution in [3.05, 3.63) is 69.6 Å². The van der Waals surface area contributed by atoms with Crippen molar-refractivity contribution in [3.8, 4) is 0 Å². The van der Waals surface area contributed by atoms with Gasteiger partial charge in [0.25, 0.3) is 11.5 Å². The second kappa shape index (κ2) is 8.16. The van der Waals surface area contributed by atoms with E-state index in [9.17, 15) is 9.59 Å². The lowest BCUT2D eigenvalue weighted by Crippen LogP contribution is -2.23. The number of hydrogen-bond donors (Lipinski definition) is 1. The van der Waals surface area contributed by atoms with Gasteiger partial charge in [-0.15, -0.1) is 0 Å². The summed E-state index contributed by atoms with van der Waals surface area (Å²) in [6, 6.07) is 13.2. The minimum Gasteiger partial charge on any atom is -0.322 e. The summed E-state index contributed by atoms with van der Waals surface area (Å²) in [4.78, 5) is 29.2. The van der Waals surface area contributed by atoms with Crippen LogP contribution in [0.3, 0.4) is 0 Å². The molecule has 2 aromatic carbocycles. The zero-order chi connectivity index (χ0) is 19.4. The van der Waals surface area contributed by atoms with Crippen LogP contribution in [-0.2, 0) is 13.0 Å². The number of carbonyl (C=O) groups is 1. The van der Waals surface area contributed by atoms with Gasteiger partial charge in [0.1, 0.15) is 5.69 Å². The Bertz CT molecular complexity index is 1020. The fourth-order valence-corrected chi connectivity index (χ4v) is 3.17. The van der Waals surface area contributed by atoms with E-state index < -0.39 is 0 Å². The molecule has 5 nitrogen and oxygen atoms in total. The number of hydrogen-bond acceptors (Lipinski definition) is 3. The molecule has 0 radical (unpaired) electrons. The number of aryl methyl sites for hydroxylation is 3. The van der Waals surface area contributed by atoms with E-state index in [4.69, 9.17) is 0 Å². The molecule has 0 atom stereocenters.